The molecule has 5 heteroatoms. The van der Waals surface area contributed by atoms with Gasteiger partial charge in [-0.1, -0.05) is 49.2 Å². The Morgan fingerprint density at radius 1 is 1.10 bits per heavy atom. The Morgan fingerprint density at radius 3 is 2.65 bits per heavy atom. The van der Waals surface area contributed by atoms with E-state index in [1.165, 1.54) is 61.6 Å². The lowest BCUT2D eigenvalue weighted by Gasteiger charge is -2.60. The molecule has 0 unspecified atom stereocenters. The highest BCUT2D eigenvalue weighted by molar-refractivity contribution is 5.77. The first-order valence-electron chi connectivity index (χ1n) is 15.8. The highest BCUT2D eigenvalue weighted by Gasteiger charge is 2.66. The molecule has 2 bridgehead atoms. The molecule has 216 valence electrons. The number of Topliss-reactive ketones (excluding diaryl/α,β-unsaturated/α-hetero) is 1. The molecule has 5 nitrogen and oxygen atoms in total. The van der Waals surface area contributed by atoms with E-state index in [2.05, 4.69) is 66.1 Å². The molecule has 40 heavy (non-hydrogen) atoms. The highest BCUT2D eigenvalue weighted by atomic mass is 16.5. The number of rotatable bonds is 12. The summed E-state index contributed by atoms with van der Waals surface area (Å²) in [6.45, 7) is 9.16. The first kappa shape index (κ1) is 27.8. The van der Waals surface area contributed by atoms with Gasteiger partial charge < -0.3 is 9.47 Å². The molecule has 2 fully saturated rings. The summed E-state index contributed by atoms with van der Waals surface area (Å²) < 4.78 is 13.0. The SMILES string of the molecule is COc1ccc2c3c1O[C@H]1[C@H](N(CCCCCCc4ccccc4)C(C)C)CC[C@H]4[C@@H](C2)N(CC(C)=O)CC[C@@]341. The number of ketones is 1. The van der Waals surface area contributed by atoms with Crippen LogP contribution in [-0.4, -0.2) is 66.6 Å². The minimum Gasteiger partial charge on any atom is -0.493 e. The normalized spacial score (nSPS) is 28.4. The number of benzene rings is 2. The van der Waals surface area contributed by atoms with E-state index in [0.29, 0.717) is 30.6 Å². The summed E-state index contributed by atoms with van der Waals surface area (Å²) in [4.78, 5) is 17.5. The quantitative estimate of drug-likeness (QED) is 0.298. The largest absolute Gasteiger partial charge is 0.493 e. The average Bonchev–Trinajstić information content (AvgIpc) is 3.29. The number of nitrogens with zero attached hydrogens (tertiary/aromatic N) is 2. The Balaban J connectivity index is 1.21. The fraction of sp³-hybridized carbons (Fsp3) is 0.629. The Bertz CT molecular complexity index is 1200. The molecular weight excluding hydrogens is 496 g/mol. The maximum Gasteiger partial charge on any atom is 0.165 e. The van der Waals surface area contributed by atoms with Crippen LogP contribution in [0.15, 0.2) is 42.5 Å². The van der Waals surface area contributed by atoms with Gasteiger partial charge in [0.15, 0.2) is 11.5 Å². The topological polar surface area (TPSA) is 42.0 Å². The van der Waals surface area contributed by atoms with Crippen molar-refractivity contribution in [2.24, 2.45) is 5.92 Å². The molecule has 0 radical (unpaired) electrons. The summed E-state index contributed by atoms with van der Waals surface area (Å²) >= 11 is 0. The van der Waals surface area contributed by atoms with Gasteiger partial charge in [0.05, 0.1) is 13.7 Å². The van der Waals surface area contributed by atoms with Crippen LogP contribution in [0.1, 0.15) is 82.4 Å². The Labute approximate surface area is 241 Å². The molecule has 5 atom stereocenters. The van der Waals surface area contributed by atoms with Gasteiger partial charge in [-0.2, -0.15) is 0 Å². The van der Waals surface area contributed by atoms with Crippen LogP contribution in [0.3, 0.4) is 0 Å². The molecule has 0 amide bonds. The number of likely N-dealkylation sites (tertiary alicyclic amines) is 1. The molecular formula is C35H48N2O3. The minimum absolute atomic E-state index is 0.0289. The Morgan fingerprint density at radius 2 is 1.90 bits per heavy atom. The van der Waals surface area contributed by atoms with Crippen molar-refractivity contribution in [2.45, 2.75) is 108 Å². The number of unbranched alkanes of at least 4 members (excludes halogenated alkanes) is 3. The van der Waals surface area contributed by atoms with Crippen molar-refractivity contribution in [1.29, 1.82) is 0 Å². The predicted molar refractivity (Wildman–Crippen MR) is 160 cm³/mol. The standard InChI is InChI=1S/C35H48N2O3/c1-24(2)37(20-11-6-5-8-12-26-13-9-7-10-14-26)29-17-16-28-30-22-27-15-18-31(39-4)33-32(27)35(28,34(29)40-33)19-21-36(30)23-25(3)38/h7,9-10,13-15,18,24,28-30,34H,5-6,8,11-12,16-17,19-23H2,1-4H3/t28-,29+,30+,34-,35-/m0/s1. The Hall–Kier alpha value is -2.37. The Kier molecular flexibility index (Phi) is 7.98. The molecule has 2 aliphatic heterocycles. The number of hydrogen-bond acceptors (Lipinski definition) is 5. The van der Waals surface area contributed by atoms with Gasteiger partial charge in [-0.15, -0.1) is 0 Å². The minimum atomic E-state index is 0.0289. The number of carbonyl (C=O) groups is 1. The van der Waals surface area contributed by atoms with Gasteiger partial charge in [0, 0.05) is 29.1 Å². The second kappa shape index (κ2) is 11.5. The van der Waals surface area contributed by atoms with Gasteiger partial charge >= 0.3 is 0 Å². The van der Waals surface area contributed by atoms with Crippen molar-refractivity contribution in [1.82, 2.24) is 9.80 Å². The third-order valence-electron chi connectivity index (χ3n) is 10.6. The van der Waals surface area contributed by atoms with Gasteiger partial charge in [-0.3, -0.25) is 14.6 Å². The van der Waals surface area contributed by atoms with E-state index in [0.717, 1.165) is 37.4 Å². The van der Waals surface area contributed by atoms with Crippen molar-refractivity contribution in [2.75, 3.05) is 26.7 Å². The van der Waals surface area contributed by atoms with Gasteiger partial charge in [0.2, 0.25) is 0 Å². The molecule has 2 aromatic carbocycles. The molecule has 2 heterocycles. The molecule has 2 aromatic rings. The molecule has 1 saturated carbocycles. The second-order valence-corrected chi connectivity index (χ2v) is 13.1. The molecule has 6 rings (SSSR count). The fourth-order valence-electron chi connectivity index (χ4n) is 9.00. The number of carbonyl (C=O) groups excluding carboxylic acids is 1. The van der Waals surface area contributed by atoms with E-state index in [-0.39, 0.29) is 17.3 Å². The smallest absolute Gasteiger partial charge is 0.165 e. The third kappa shape index (κ3) is 4.77. The zero-order valence-electron chi connectivity index (χ0n) is 25.0. The van der Waals surface area contributed by atoms with Crippen LogP contribution in [0, 0.1) is 5.92 Å². The number of aryl methyl sites for hydroxylation is 1. The fourth-order valence-corrected chi connectivity index (χ4v) is 9.00. The molecule has 1 saturated heterocycles. The summed E-state index contributed by atoms with van der Waals surface area (Å²) in [6, 6.07) is 16.6. The molecule has 0 N–H and O–H groups in total. The maximum absolute atomic E-state index is 12.2. The van der Waals surface area contributed by atoms with Crippen LogP contribution < -0.4 is 9.47 Å². The lowest BCUT2D eigenvalue weighted by molar-refractivity contribution is -0.124. The van der Waals surface area contributed by atoms with E-state index in [1.807, 2.05) is 0 Å². The molecule has 1 spiro atoms. The van der Waals surface area contributed by atoms with Crippen LogP contribution in [0.4, 0.5) is 0 Å². The lowest BCUT2D eigenvalue weighted by Crippen LogP contribution is -2.69. The average molecular weight is 545 g/mol. The van der Waals surface area contributed by atoms with Crippen LogP contribution in [-0.2, 0) is 23.1 Å². The molecule has 4 aliphatic rings. The van der Waals surface area contributed by atoms with Gasteiger partial charge in [-0.05, 0) is 102 Å². The molecule has 0 aromatic heterocycles. The van der Waals surface area contributed by atoms with E-state index in [1.54, 1.807) is 14.0 Å². The number of methoxy groups -OCH3 is 1. The van der Waals surface area contributed by atoms with Crippen LogP contribution in [0.2, 0.25) is 0 Å². The van der Waals surface area contributed by atoms with E-state index < -0.39 is 0 Å². The zero-order chi connectivity index (χ0) is 27.9. The van der Waals surface area contributed by atoms with E-state index in [4.69, 9.17) is 9.47 Å². The lowest BCUT2D eigenvalue weighted by atomic mass is 9.51. The number of ether oxygens (including phenoxy) is 2. The van der Waals surface area contributed by atoms with Crippen molar-refractivity contribution >= 4 is 5.78 Å². The summed E-state index contributed by atoms with van der Waals surface area (Å²) in [6.07, 6.45) is 10.9. The molecule has 2 aliphatic carbocycles. The first-order valence-corrected chi connectivity index (χ1v) is 15.8. The summed E-state index contributed by atoms with van der Waals surface area (Å²) in [5, 5.41) is 0. The highest BCUT2D eigenvalue weighted by Crippen LogP contribution is 2.64. The van der Waals surface area contributed by atoms with Gasteiger partial charge in [0.1, 0.15) is 11.9 Å². The summed E-state index contributed by atoms with van der Waals surface area (Å²) in [5.41, 5.74) is 4.36. The van der Waals surface area contributed by atoms with Crippen LogP contribution in [0.25, 0.3) is 0 Å². The van der Waals surface area contributed by atoms with Crippen molar-refractivity contribution in [3.8, 4) is 11.5 Å². The zero-order valence-corrected chi connectivity index (χ0v) is 25.0. The van der Waals surface area contributed by atoms with Gasteiger partial charge in [-0.25, -0.2) is 0 Å². The van der Waals surface area contributed by atoms with Crippen LogP contribution >= 0.6 is 0 Å². The van der Waals surface area contributed by atoms with Crippen molar-refractivity contribution < 1.29 is 14.3 Å². The summed E-state index contributed by atoms with van der Waals surface area (Å²) in [5.74, 6) is 2.72. The van der Waals surface area contributed by atoms with Crippen LogP contribution in [0.5, 0.6) is 11.5 Å². The third-order valence-corrected chi connectivity index (χ3v) is 10.6. The van der Waals surface area contributed by atoms with Gasteiger partial charge in [0.25, 0.3) is 0 Å². The number of hydrogen-bond donors (Lipinski definition) is 0. The first-order chi connectivity index (χ1) is 19.4. The van der Waals surface area contributed by atoms with Crippen molar-refractivity contribution in [3.63, 3.8) is 0 Å². The van der Waals surface area contributed by atoms with E-state index in [9.17, 15) is 4.79 Å². The van der Waals surface area contributed by atoms with Crippen molar-refractivity contribution in [3.05, 3.63) is 59.2 Å². The maximum atomic E-state index is 12.2. The summed E-state index contributed by atoms with van der Waals surface area (Å²) in [7, 11) is 1.77. The van der Waals surface area contributed by atoms with E-state index >= 15 is 0 Å². The second-order valence-electron chi connectivity index (χ2n) is 13.1. The number of piperidine rings is 1. The monoisotopic (exact) mass is 544 g/mol. The predicted octanol–water partition coefficient (Wildman–Crippen LogP) is 6.21.